The summed E-state index contributed by atoms with van der Waals surface area (Å²) in [6.45, 7) is 8.67. The predicted molar refractivity (Wildman–Crippen MR) is 129 cm³/mol. The van der Waals surface area contributed by atoms with Crippen molar-refractivity contribution >= 4 is 22.8 Å². The molecule has 1 aromatic heterocycles. The Morgan fingerprint density at radius 3 is 2.39 bits per heavy atom. The van der Waals surface area contributed by atoms with Crippen LogP contribution in [0.5, 0.6) is 5.75 Å². The number of anilines is 1. The average molecular weight is 454 g/mol. The number of amides is 1. The van der Waals surface area contributed by atoms with Gasteiger partial charge < -0.3 is 29.7 Å². The molecule has 1 fully saturated rings. The minimum Gasteiger partial charge on any atom is -0.497 e. The summed E-state index contributed by atoms with van der Waals surface area (Å²) in [5.74, 6) is 0.791. The molecule has 0 unspecified atom stereocenters. The number of fused-ring (bicyclic) bond motifs is 1. The van der Waals surface area contributed by atoms with Crippen molar-refractivity contribution in [2.45, 2.75) is 32.9 Å². The van der Waals surface area contributed by atoms with E-state index in [2.05, 4.69) is 15.3 Å². The van der Waals surface area contributed by atoms with E-state index in [0.29, 0.717) is 32.7 Å². The van der Waals surface area contributed by atoms with Crippen LogP contribution in [-0.2, 0) is 11.3 Å². The molecule has 0 atom stereocenters. The molecule has 2 aromatic carbocycles. The van der Waals surface area contributed by atoms with Gasteiger partial charge in [-0.05, 0) is 56.7 Å². The van der Waals surface area contributed by atoms with Gasteiger partial charge in [0, 0.05) is 31.9 Å². The number of aromatic nitrogens is 2. The standard InChI is InChI=1S/C24H31N5O4/c1-24(2,3)33-23(31)28-13-11-27(12-14-28)18-7-10-20-21(15-18)29(22(30)26-20)25-16-17-5-8-19(32-4)9-6-17/h5-10,15,25H,11-14,16H2,1-4H3,(H,26,30). The highest BCUT2D eigenvalue weighted by Gasteiger charge is 2.26. The van der Waals surface area contributed by atoms with Gasteiger partial charge in [-0.25, -0.2) is 14.3 Å². The first kappa shape index (κ1) is 22.6. The van der Waals surface area contributed by atoms with Crippen molar-refractivity contribution in [3.05, 3.63) is 58.5 Å². The molecule has 1 amide bonds. The van der Waals surface area contributed by atoms with E-state index in [4.69, 9.17) is 9.47 Å². The smallest absolute Gasteiger partial charge is 0.410 e. The topological polar surface area (TPSA) is 91.8 Å². The minimum atomic E-state index is -0.504. The summed E-state index contributed by atoms with van der Waals surface area (Å²) in [4.78, 5) is 31.7. The van der Waals surface area contributed by atoms with Crippen LogP contribution in [0.2, 0.25) is 0 Å². The Labute approximate surface area is 192 Å². The zero-order valence-electron chi connectivity index (χ0n) is 19.6. The average Bonchev–Trinajstić information content (AvgIpc) is 3.11. The highest BCUT2D eigenvalue weighted by atomic mass is 16.6. The first-order valence-electron chi connectivity index (χ1n) is 11.1. The van der Waals surface area contributed by atoms with E-state index in [9.17, 15) is 9.59 Å². The van der Waals surface area contributed by atoms with Gasteiger partial charge in [-0.1, -0.05) is 12.1 Å². The molecule has 9 nitrogen and oxygen atoms in total. The van der Waals surface area contributed by atoms with Crippen LogP contribution in [0, 0.1) is 0 Å². The van der Waals surface area contributed by atoms with Gasteiger partial charge in [0.15, 0.2) is 0 Å². The third-order valence-electron chi connectivity index (χ3n) is 5.56. The molecule has 1 aliphatic heterocycles. The first-order valence-corrected chi connectivity index (χ1v) is 11.1. The molecule has 2 N–H and O–H groups in total. The number of carbonyl (C=O) groups excluding carboxylic acids is 1. The number of rotatable bonds is 5. The van der Waals surface area contributed by atoms with E-state index in [1.807, 2.05) is 63.2 Å². The Bertz CT molecular complexity index is 1170. The predicted octanol–water partition coefficient (Wildman–Crippen LogP) is 3.14. The maximum Gasteiger partial charge on any atom is 0.410 e. The van der Waals surface area contributed by atoms with Crippen LogP contribution in [0.1, 0.15) is 26.3 Å². The zero-order chi connectivity index (χ0) is 23.6. The maximum absolute atomic E-state index is 12.5. The van der Waals surface area contributed by atoms with Crippen molar-refractivity contribution in [3.8, 4) is 5.75 Å². The number of aromatic amines is 1. The summed E-state index contributed by atoms with van der Waals surface area (Å²) in [5.41, 5.74) is 6.07. The number of methoxy groups -OCH3 is 1. The lowest BCUT2D eigenvalue weighted by atomic mass is 10.2. The van der Waals surface area contributed by atoms with Gasteiger partial charge in [0.2, 0.25) is 0 Å². The minimum absolute atomic E-state index is 0.217. The van der Waals surface area contributed by atoms with Gasteiger partial charge in [0.1, 0.15) is 11.4 Å². The van der Waals surface area contributed by atoms with Crippen LogP contribution in [0.3, 0.4) is 0 Å². The number of imidazole rings is 1. The van der Waals surface area contributed by atoms with E-state index in [1.54, 1.807) is 16.7 Å². The molecule has 1 aliphatic rings. The molecular formula is C24H31N5O4. The second-order valence-electron chi connectivity index (χ2n) is 9.10. The summed E-state index contributed by atoms with van der Waals surface area (Å²) < 4.78 is 12.2. The molecule has 176 valence electrons. The van der Waals surface area contributed by atoms with Crippen LogP contribution in [-0.4, -0.2) is 59.5 Å². The highest BCUT2D eigenvalue weighted by molar-refractivity contribution is 5.80. The fourth-order valence-corrected chi connectivity index (χ4v) is 3.83. The summed E-state index contributed by atoms with van der Waals surface area (Å²) in [6, 6.07) is 13.6. The van der Waals surface area contributed by atoms with Gasteiger partial charge in [0.05, 0.1) is 24.7 Å². The number of hydrogen-bond donors (Lipinski definition) is 2. The molecule has 0 spiro atoms. The number of hydrogen-bond acceptors (Lipinski definition) is 6. The molecule has 0 aliphatic carbocycles. The fraction of sp³-hybridized carbons (Fsp3) is 0.417. The van der Waals surface area contributed by atoms with Crippen molar-refractivity contribution in [2.75, 3.05) is 43.6 Å². The monoisotopic (exact) mass is 453 g/mol. The summed E-state index contributed by atoms with van der Waals surface area (Å²) >= 11 is 0. The number of nitrogens with one attached hydrogen (secondary N) is 2. The van der Waals surface area contributed by atoms with Crippen molar-refractivity contribution in [1.82, 2.24) is 14.6 Å². The molecule has 0 bridgehead atoms. The number of H-pyrrole nitrogens is 1. The molecule has 2 heterocycles. The summed E-state index contributed by atoms with van der Waals surface area (Å²) in [5, 5.41) is 0. The molecule has 3 aromatic rings. The number of piperazine rings is 1. The quantitative estimate of drug-likeness (QED) is 0.617. The van der Waals surface area contributed by atoms with Crippen molar-refractivity contribution < 1.29 is 14.3 Å². The number of benzene rings is 2. The lowest BCUT2D eigenvalue weighted by Crippen LogP contribution is -2.50. The largest absolute Gasteiger partial charge is 0.497 e. The lowest BCUT2D eigenvalue weighted by Gasteiger charge is -2.36. The molecule has 0 radical (unpaired) electrons. The Morgan fingerprint density at radius 2 is 1.76 bits per heavy atom. The molecular weight excluding hydrogens is 422 g/mol. The molecule has 0 saturated carbocycles. The van der Waals surface area contributed by atoms with Crippen LogP contribution >= 0.6 is 0 Å². The molecule has 4 rings (SSSR count). The van der Waals surface area contributed by atoms with Crippen molar-refractivity contribution in [2.24, 2.45) is 0 Å². The van der Waals surface area contributed by atoms with Gasteiger partial charge >= 0.3 is 11.8 Å². The van der Waals surface area contributed by atoms with Gasteiger partial charge in [-0.15, -0.1) is 0 Å². The van der Waals surface area contributed by atoms with Gasteiger partial charge in [-0.3, -0.25) is 0 Å². The lowest BCUT2D eigenvalue weighted by molar-refractivity contribution is 0.0240. The Kier molecular flexibility index (Phi) is 6.22. The second-order valence-corrected chi connectivity index (χ2v) is 9.10. The Hall–Kier alpha value is -3.62. The zero-order valence-corrected chi connectivity index (χ0v) is 19.6. The van der Waals surface area contributed by atoms with Crippen LogP contribution in [0.15, 0.2) is 47.3 Å². The highest BCUT2D eigenvalue weighted by Crippen LogP contribution is 2.22. The third-order valence-corrected chi connectivity index (χ3v) is 5.56. The number of nitrogens with zero attached hydrogens (tertiary/aromatic N) is 3. The molecule has 9 heteroatoms. The summed E-state index contributed by atoms with van der Waals surface area (Å²) in [6.07, 6.45) is -0.278. The van der Waals surface area contributed by atoms with Crippen molar-refractivity contribution in [1.29, 1.82) is 0 Å². The van der Waals surface area contributed by atoms with Gasteiger partial charge in [-0.2, -0.15) is 0 Å². The normalized spacial score (nSPS) is 14.4. The van der Waals surface area contributed by atoms with E-state index in [-0.39, 0.29) is 11.8 Å². The fourth-order valence-electron chi connectivity index (χ4n) is 3.83. The maximum atomic E-state index is 12.5. The van der Waals surface area contributed by atoms with E-state index >= 15 is 0 Å². The second kappa shape index (κ2) is 9.09. The van der Waals surface area contributed by atoms with Crippen LogP contribution in [0.4, 0.5) is 10.5 Å². The number of carbonyl (C=O) groups is 1. The summed E-state index contributed by atoms with van der Waals surface area (Å²) in [7, 11) is 1.63. The molecule has 1 saturated heterocycles. The SMILES string of the molecule is COc1ccc(CNn2c(=O)[nH]c3ccc(N4CCN(C(=O)OC(C)(C)C)CC4)cc32)cc1. The third kappa shape index (κ3) is 5.24. The van der Waals surface area contributed by atoms with E-state index < -0.39 is 5.60 Å². The Morgan fingerprint density at radius 1 is 1.06 bits per heavy atom. The van der Waals surface area contributed by atoms with Crippen LogP contribution in [0.25, 0.3) is 11.0 Å². The molecule has 33 heavy (non-hydrogen) atoms. The van der Waals surface area contributed by atoms with Crippen molar-refractivity contribution in [3.63, 3.8) is 0 Å². The Balaban J connectivity index is 1.45. The first-order chi connectivity index (χ1) is 15.7. The van der Waals surface area contributed by atoms with Crippen LogP contribution < -0.4 is 20.8 Å². The van der Waals surface area contributed by atoms with E-state index in [0.717, 1.165) is 28.0 Å². The van der Waals surface area contributed by atoms with E-state index in [1.165, 1.54) is 0 Å². The van der Waals surface area contributed by atoms with Gasteiger partial charge in [0.25, 0.3) is 0 Å². The number of ether oxygens (including phenoxy) is 2.